The van der Waals surface area contributed by atoms with E-state index in [-0.39, 0.29) is 0 Å². The summed E-state index contributed by atoms with van der Waals surface area (Å²) in [5.74, 6) is 0. The summed E-state index contributed by atoms with van der Waals surface area (Å²) in [5.41, 5.74) is 3.24. The van der Waals surface area contributed by atoms with Gasteiger partial charge in [-0.3, -0.25) is 0 Å². The summed E-state index contributed by atoms with van der Waals surface area (Å²) in [4.78, 5) is 0. The molecule has 0 unspecified atom stereocenters. The van der Waals surface area contributed by atoms with E-state index in [0.717, 1.165) is 6.42 Å². The molecule has 25 heavy (non-hydrogen) atoms. The van der Waals surface area contributed by atoms with E-state index in [1.165, 1.54) is 43.4 Å². The lowest BCUT2D eigenvalue weighted by Crippen LogP contribution is -1.91. The molecule has 0 aliphatic heterocycles. The number of nitrogens with zero attached hydrogens (tertiary/aromatic N) is 1. The maximum atomic E-state index is 8.94. The standard InChI is InChI=1S/C24H15N/c25-15-17-6-4-16(5-7-17)12-18-13-21-10-8-19-2-1-3-20-9-11-22(14-18)24(21)23(19)20/h1-11,13-14H,12H2. The number of rotatable bonds is 2. The molecule has 0 aromatic heterocycles. The quantitative estimate of drug-likeness (QED) is 0.364. The van der Waals surface area contributed by atoms with Crippen molar-refractivity contribution in [3.63, 3.8) is 0 Å². The number of hydrogen-bond donors (Lipinski definition) is 0. The molecule has 5 aromatic carbocycles. The van der Waals surface area contributed by atoms with Gasteiger partial charge in [-0.1, -0.05) is 66.7 Å². The zero-order valence-electron chi connectivity index (χ0n) is 13.7. The summed E-state index contributed by atoms with van der Waals surface area (Å²) < 4.78 is 0. The SMILES string of the molecule is N#Cc1ccc(Cc2cc3ccc4cccc5ccc(c2)c3c45)cc1. The van der Waals surface area contributed by atoms with Gasteiger partial charge >= 0.3 is 0 Å². The molecular weight excluding hydrogens is 302 g/mol. The zero-order chi connectivity index (χ0) is 16.8. The van der Waals surface area contributed by atoms with E-state index in [0.29, 0.717) is 5.56 Å². The number of benzene rings is 5. The van der Waals surface area contributed by atoms with E-state index >= 15 is 0 Å². The van der Waals surface area contributed by atoms with Crippen molar-refractivity contribution in [3.05, 3.63) is 95.6 Å². The lowest BCUT2D eigenvalue weighted by molar-refractivity contribution is 1.20. The fourth-order valence-corrected chi connectivity index (χ4v) is 3.85. The Bertz CT molecular complexity index is 1190. The molecular formula is C24H15N. The van der Waals surface area contributed by atoms with Crippen molar-refractivity contribution in [2.24, 2.45) is 0 Å². The zero-order valence-corrected chi connectivity index (χ0v) is 13.7. The fourth-order valence-electron chi connectivity index (χ4n) is 3.85. The van der Waals surface area contributed by atoms with Gasteiger partial charge < -0.3 is 0 Å². The summed E-state index contributed by atoms with van der Waals surface area (Å²) in [7, 11) is 0. The average Bonchev–Trinajstić information content (AvgIpc) is 2.66. The van der Waals surface area contributed by atoms with E-state index < -0.39 is 0 Å². The molecule has 0 aliphatic rings. The molecule has 5 rings (SSSR count). The second kappa shape index (κ2) is 5.33. The largest absolute Gasteiger partial charge is 0.192 e. The van der Waals surface area contributed by atoms with Crippen molar-refractivity contribution in [2.75, 3.05) is 0 Å². The molecule has 1 heteroatoms. The first-order valence-electron chi connectivity index (χ1n) is 8.47. The van der Waals surface area contributed by atoms with E-state index in [1.807, 2.05) is 24.3 Å². The molecule has 116 valence electrons. The molecule has 0 aliphatic carbocycles. The first-order valence-corrected chi connectivity index (χ1v) is 8.47. The van der Waals surface area contributed by atoms with E-state index in [2.05, 4.69) is 60.7 Å². The highest BCUT2D eigenvalue weighted by Gasteiger charge is 2.09. The minimum absolute atomic E-state index is 0.708. The second-order valence-electron chi connectivity index (χ2n) is 6.61. The van der Waals surface area contributed by atoms with E-state index in [1.54, 1.807) is 0 Å². The molecule has 0 bridgehead atoms. The predicted octanol–water partition coefficient (Wildman–Crippen LogP) is 6.05. The van der Waals surface area contributed by atoms with Crippen LogP contribution >= 0.6 is 0 Å². The highest BCUT2D eigenvalue weighted by Crippen LogP contribution is 2.35. The van der Waals surface area contributed by atoms with Gasteiger partial charge in [0.25, 0.3) is 0 Å². The third-order valence-corrected chi connectivity index (χ3v) is 5.01. The topological polar surface area (TPSA) is 23.8 Å². The first-order chi connectivity index (χ1) is 12.3. The van der Waals surface area contributed by atoms with Gasteiger partial charge in [0.2, 0.25) is 0 Å². The lowest BCUT2D eigenvalue weighted by Gasteiger charge is -2.12. The molecule has 0 spiro atoms. The third-order valence-electron chi connectivity index (χ3n) is 5.01. The summed E-state index contributed by atoms with van der Waals surface area (Å²) in [6.45, 7) is 0. The van der Waals surface area contributed by atoms with Crippen LogP contribution in [0.5, 0.6) is 0 Å². The Morgan fingerprint density at radius 3 is 1.76 bits per heavy atom. The monoisotopic (exact) mass is 317 g/mol. The third kappa shape index (κ3) is 2.23. The minimum atomic E-state index is 0.708. The van der Waals surface area contributed by atoms with Crippen LogP contribution in [-0.4, -0.2) is 0 Å². The normalized spacial score (nSPS) is 11.3. The van der Waals surface area contributed by atoms with Crippen LogP contribution in [-0.2, 0) is 6.42 Å². The summed E-state index contributed by atoms with van der Waals surface area (Å²) in [6.07, 6.45) is 0.877. The Hall–Kier alpha value is -3.37. The van der Waals surface area contributed by atoms with Crippen LogP contribution < -0.4 is 0 Å². The highest BCUT2D eigenvalue weighted by atomic mass is 14.2. The fraction of sp³-hybridized carbons (Fsp3) is 0.0417. The smallest absolute Gasteiger partial charge is 0.0991 e. The van der Waals surface area contributed by atoms with Gasteiger partial charge in [-0.2, -0.15) is 5.26 Å². The van der Waals surface area contributed by atoms with Crippen LogP contribution in [0.4, 0.5) is 0 Å². The molecule has 0 fully saturated rings. The van der Waals surface area contributed by atoms with Crippen molar-refractivity contribution in [2.45, 2.75) is 6.42 Å². The Labute approximate surface area is 146 Å². The maximum Gasteiger partial charge on any atom is 0.0991 e. The van der Waals surface area contributed by atoms with Crippen molar-refractivity contribution in [1.82, 2.24) is 0 Å². The van der Waals surface area contributed by atoms with E-state index in [4.69, 9.17) is 5.26 Å². The highest BCUT2D eigenvalue weighted by molar-refractivity contribution is 6.23. The van der Waals surface area contributed by atoms with Gasteiger partial charge in [0, 0.05) is 0 Å². The molecule has 0 atom stereocenters. The predicted molar refractivity (Wildman–Crippen MR) is 104 cm³/mol. The maximum absolute atomic E-state index is 8.94. The van der Waals surface area contributed by atoms with Gasteiger partial charge in [-0.05, 0) is 62.0 Å². The van der Waals surface area contributed by atoms with Crippen molar-refractivity contribution in [3.8, 4) is 6.07 Å². The van der Waals surface area contributed by atoms with Crippen LogP contribution in [0.3, 0.4) is 0 Å². The van der Waals surface area contributed by atoms with Crippen molar-refractivity contribution < 1.29 is 0 Å². The summed E-state index contributed by atoms with van der Waals surface area (Å²) >= 11 is 0. The van der Waals surface area contributed by atoms with Crippen molar-refractivity contribution >= 4 is 32.3 Å². The number of hydrogen-bond acceptors (Lipinski definition) is 1. The molecule has 0 saturated heterocycles. The Morgan fingerprint density at radius 1 is 0.600 bits per heavy atom. The summed E-state index contributed by atoms with van der Waals surface area (Å²) in [5, 5.41) is 16.9. The Balaban J connectivity index is 1.68. The van der Waals surface area contributed by atoms with Crippen LogP contribution in [0.25, 0.3) is 32.3 Å². The minimum Gasteiger partial charge on any atom is -0.192 e. The van der Waals surface area contributed by atoms with Crippen molar-refractivity contribution in [1.29, 1.82) is 5.26 Å². The lowest BCUT2D eigenvalue weighted by atomic mass is 9.91. The molecule has 0 N–H and O–H groups in total. The number of nitriles is 1. The Kier molecular flexibility index (Phi) is 2.99. The first kappa shape index (κ1) is 14.0. The second-order valence-corrected chi connectivity index (χ2v) is 6.61. The molecule has 0 saturated carbocycles. The van der Waals surface area contributed by atoms with Crippen LogP contribution in [0.1, 0.15) is 16.7 Å². The Morgan fingerprint density at radius 2 is 1.16 bits per heavy atom. The van der Waals surface area contributed by atoms with Crippen LogP contribution in [0, 0.1) is 11.3 Å². The molecule has 0 amide bonds. The van der Waals surface area contributed by atoms with Gasteiger partial charge in [0.15, 0.2) is 0 Å². The van der Waals surface area contributed by atoms with Gasteiger partial charge in [0.1, 0.15) is 0 Å². The van der Waals surface area contributed by atoms with Crippen LogP contribution in [0.15, 0.2) is 78.9 Å². The van der Waals surface area contributed by atoms with Crippen LogP contribution in [0.2, 0.25) is 0 Å². The van der Waals surface area contributed by atoms with Gasteiger partial charge in [-0.25, -0.2) is 0 Å². The average molecular weight is 317 g/mol. The molecule has 1 nitrogen and oxygen atoms in total. The molecule has 0 radical (unpaired) electrons. The molecule has 0 heterocycles. The summed E-state index contributed by atoms with van der Waals surface area (Å²) in [6, 6.07) is 30.0. The van der Waals surface area contributed by atoms with E-state index in [9.17, 15) is 0 Å². The van der Waals surface area contributed by atoms with Gasteiger partial charge in [0.05, 0.1) is 11.6 Å². The molecule has 5 aromatic rings. The van der Waals surface area contributed by atoms with Gasteiger partial charge in [-0.15, -0.1) is 0 Å².